The maximum atomic E-state index is 8.79. The van der Waals surface area contributed by atoms with Crippen LogP contribution in [0.15, 0.2) is 0 Å². The number of aliphatic hydroxyl groups is 1. The molecule has 0 spiro atoms. The molecule has 0 aliphatic carbocycles. The van der Waals surface area contributed by atoms with E-state index in [1.807, 2.05) is 7.05 Å². The van der Waals surface area contributed by atoms with Crippen molar-refractivity contribution in [2.45, 2.75) is 32.8 Å². The van der Waals surface area contributed by atoms with Crippen LogP contribution in [-0.2, 0) is 13.7 Å². The Kier molecular flexibility index (Phi) is 2.81. The second kappa shape index (κ2) is 3.67. The quantitative estimate of drug-likeness (QED) is 0.728. The van der Waals surface area contributed by atoms with E-state index >= 15 is 0 Å². The summed E-state index contributed by atoms with van der Waals surface area (Å²) in [6, 6.07) is 0. The standard InChI is InChI=1S/C8H15N3O/c1-4-6(2)8-9-7(5-12)10-11(8)3/h6,12H,4-5H2,1-3H3. The van der Waals surface area contributed by atoms with Crippen LogP contribution in [0.1, 0.15) is 37.8 Å². The van der Waals surface area contributed by atoms with Crippen molar-refractivity contribution in [3.05, 3.63) is 11.6 Å². The van der Waals surface area contributed by atoms with Gasteiger partial charge in [0.25, 0.3) is 0 Å². The fourth-order valence-corrected chi connectivity index (χ4v) is 1.13. The second-order valence-electron chi connectivity index (χ2n) is 2.98. The molecule has 1 heterocycles. The molecule has 1 N–H and O–H groups in total. The molecule has 0 bridgehead atoms. The van der Waals surface area contributed by atoms with Crippen LogP contribution in [0, 0.1) is 0 Å². The van der Waals surface area contributed by atoms with Gasteiger partial charge in [0, 0.05) is 13.0 Å². The summed E-state index contributed by atoms with van der Waals surface area (Å²) in [5.74, 6) is 1.86. The summed E-state index contributed by atoms with van der Waals surface area (Å²) in [5, 5.41) is 12.8. The number of aliphatic hydroxyl groups excluding tert-OH is 1. The number of hydrogen-bond acceptors (Lipinski definition) is 3. The lowest BCUT2D eigenvalue weighted by Gasteiger charge is -2.05. The smallest absolute Gasteiger partial charge is 0.176 e. The average molecular weight is 169 g/mol. The van der Waals surface area contributed by atoms with Crippen LogP contribution in [-0.4, -0.2) is 19.9 Å². The minimum absolute atomic E-state index is 0.0791. The van der Waals surface area contributed by atoms with Crippen molar-refractivity contribution in [3.8, 4) is 0 Å². The highest BCUT2D eigenvalue weighted by molar-refractivity contribution is 4.97. The predicted molar refractivity (Wildman–Crippen MR) is 45.6 cm³/mol. The van der Waals surface area contributed by atoms with Gasteiger partial charge in [0.1, 0.15) is 12.4 Å². The third-order valence-corrected chi connectivity index (χ3v) is 2.04. The van der Waals surface area contributed by atoms with Gasteiger partial charge < -0.3 is 5.11 Å². The molecule has 0 saturated heterocycles. The molecule has 0 aliphatic rings. The van der Waals surface area contributed by atoms with E-state index in [1.165, 1.54) is 0 Å². The first-order valence-electron chi connectivity index (χ1n) is 4.19. The van der Waals surface area contributed by atoms with E-state index in [0.29, 0.717) is 11.7 Å². The molecule has 0 aromatic carbocycles. The maximum Gasteiger partial charge on any atom is 0.176 e. The van der Waals surface area contributed by atoms with Crippen LogP contribution in [0.2, 0.25) is 0 Å². The summed E-state index contributed by atoms with van der Waals surface area (Å²) < 4.78 is 1.74. The first-order chi connectivity index (χ1) is 5.69. The Morgan fingerprint density at radius 1 is 1.58 bits per heavy atom. The lowest BCUT2D eigenvalue weighted by atomic mass is 10.1. The molecule has 0 saturated carbocycles. The van der Waals surface area contributed by atoms with Crippen LogP contribution in [0.3, 0.4) is 0 Å². The van der Waals surface area contributed by atoms with E-state index in [0.717, 1.165) is 12.2 Å². The summed E-state index contributed by atoms with van der Waals surface area (Å²) in [6.07, 6.45) is 1.04. The summed E-state index contributed by atoms with van der Waals surface area (Å²) in [7, 11) is 1.85. The Bertz CT molecular complexity index is 257. The molecule has 4 nitrogen and oxygen atoms in total. The number of rotatable bonds is 3. The molecular formula is C8H15N3O. The van der Waals surface area contributed by atoms with E-state index in [9.17, 15) is 0 Å². The second-order valence-corrected chi connectivity index (χ2v) is 2.98. The highest BCUT2D eigenvalue weighted by Crippen LogP contribution is 2.15. The molecule has 1 aromatic heterocycles. The van der Waals surface area contributed by atoms with E-state index in [2.05, 4.69) is 23.9 Å². The zero-order chi connectivity index (χ0) is 9.14. The lowest BCUT2D eigenvalue weighted by Crippen LogP contribution is -2.02. The van der Waals surface area contributed by atoms with E-state index in [-0.39, 0.29) is 6.61 Å². The number of aromatic nitrogens is 3. The normalized spacial score (nSPS) is 13.3. The van der Waals surface area contributed by atoms with Crippen molar-refractivity contribution >= 4 is 0 Å². The molecule has 1 aromatic rings. The van der Waals surface area contributed by atoms with Gasteiger partial charge in [-0.15, -0.1) is 0 Å². The van der Waals surface area contributed by atoms with E-state index in [1.54, 1.807) is 4.68 Å². The molecule has 1 atom stereocenters. The Morgan fingerprint density at radius 3 is 2.67 bits per heavy atom. The Balaban J connectivity index is 2.91. The molecule has 1 unspecified atom stereocenters. The fourth-order valence-electron chi connectivity index (χ4n) is 1.13. The Labute approximate surface area is 72.2 Å². The van der Waals surface area contributed by atoms with Crippen LogP contribution in [0.5, 0.6) is 0 Å². The van der Waals surface area contributed by atoms with Crippen molar-refractivity contribution in [1.29, 1.82) is 0 Å². The first kappa shape index (κ1) is 9.19. The third-order valence-electron chi connectivity index (χ3n) is 2.04. The van der Waals surface area contributed by atoms with Gasteiger partial charge in [0.2, 0.25) is 0 Å². The van der Waals surface area contributed by atoms with Crippen LogP contribution in [0.25, 0.3) is 0 Å². The minimum atomic E-state index is -0.0791. The van der Waals surface area contributed by atoms with Crippen LogP contribution in [0.4, 0.5) is 0 Å². The third kappa shape index (κ3) is 1.64. The van der Waals surface area contributed by atoms with Crippen LogP contribution >= 0.6 is 0 Å². The molecule has 1 rings (SSSR count). The molecule has 4 heteroatoms. The van der Waals surface area contributed by atoms with E-state index in [4.69, 9.17) is 5.11 Å². The first-order valence-corrected chi connectivity index (χ1v) is 4.19. The lowest BCUT2D eigenvalue weighted by molar-refractivity contribution is 0.271. The highest BCUT2D eigenvalue weighted by atomic mass is 16.3. The van der Waals surface area contributed by atoms with E-state index < -0.39 is 0 Å². The van der Waals surface area contributed by atoms with Crippen molar-refractivity contribution < 1.29 is 5.11 Å². The van der Waals surface area contributed by atoms with Gasteiger partial charge in [-0.2, -0.15) is 5.10 Å². The minimum Gasteiger partial charge on any atom is -0.388 e. The molecule has 0 amide bonds. The molecule has 0 fully saturated rings. The van der Waals surface area contributed by atoms with Crippen LogP contribution < -0.4 is 0 Å². The average Bonchev–Trinajstić information content (AvgIpc) is 2.45. The van der Waals surface area contributed by atoms with Crippen molar-refractivity contribution in [3.63, 3.8) is 0 Å². The summed E-state index contributed by atoms with van der Waals surface area (Å²) in [5.41, 5.74) is 0. The fraction of sp³-hybridized carbons (Fsp3) is 0.750. The largest absolute Gasteiger partial charge is 0.388 e. The molecule has 12 heavy (non-hydrogen) atoms. The Morgan fingerprint density at radius 2 is 2.25 bits per heavy atom. The van der Waals surface area contributed by atoms with Gasteiger partial charge in [0.05, 0.1) is 0 Å². The number of aryl methyl sites for hydroxylation is 1. The number of hydrogen-bond donors (Lipinski definition) is 1. The monoisotopic (exact) mass is 169 g/mol. The molecule has 68 valence electrons. The SMILES string of the molecule is CCC(C)c1nc(CO)nn1C. The van der Waals surface area contributed by atoms with Crippen molar-refractivity contribution in [2.75, 3.05) is 0 Å². The van der Waals surface area contributed by atoms with Gasteiger partial charge in [-0.05, 0) is 6.42 Å². The maximum absolute atomic E-state index is 8.79. The predicted octanol–water partition coefficient (Wildman–Crippen LogP) is 0.821. The van der Waals surface area contributed by atoms with Crippen molar-refractivity contribution in [1.82, 2.24) is 14.8 Å². The molecule has 0 radical (unpaired) electrons. The zero-order valence-electron chi connectivity index (χ0n) is 7.78. The summed E-state index contributed by atoms with van der Waals surface area (Å²) in [4.78, 5) is 4.20. The Hall–Kier alpha value is -0.900. The molecule has 0 aliphatic heterocycles. The van der Waals surface area contributed by atoms with Gasteiger partial charge in [-0.1, -0.05) is 13.8 Å². The zero-order valence-corrected chi connectivity index (χ0v) is 7.78. The molecular weight excluding hydrogens is 154 g/mol. The van der Waals surface area contributed by atoms with Gasteiger partial charge in [-0.25, -0.2) is 4.98 Å². The van der Waals surface area contributed by atoms with Gasteiger partial charge >= 0.3 is 0 Å². The summed E-state index contributed by atoms with van der Waals surface area (Å²) in [6.45, 7) is 4.13. The highest BCUT2D eigenvalue weighted by Gasteiger charge is 2.11. The van der Waals surface area contributed by atoms with Gasteiger partial charge in [-0.3, -0.25) is 4.68 Å². The van der Waals surface area contributed by atoms with Gasteiger partial charge in [0.15, 0.2) is 5.82 Å². The number of nitrogens with zero attached hydrogens (tertiary/aromatic N) is 3. The topological polar surface area (TPSA) is 50.9 Å². The summed E-state index contributed by atoms with van der Waals surface area (Å²) >= 11 is 0. The van der Waals surface area contributed by atoms with Crippen molar-refractivity contribution in [2.24, 2.45) is 7.05 Å².